The highest BCUT2D eigenvalue weighted by Gasteiger charge is 2.28. The molecule has 6 nitrogen and oxygen atoms in total. The quantitative estimate of drug-likeness (QED) is 0.822. The van der Waals surface area contributed by atoms with E-state index in [9.17, 15) is 9.59 Å². The largest absolute Gasteiger partial charge is 0.462 e. The summed E-state index contributed by atoms with van der Waals surface area (Å²) in [6.45, 7) is 6.18. The molecule has 1 saturated heterocycles. The summed E-state index contributed by atoms with van der Waals surface area (Å²) in [6.07, 6.45) is 2.31. The maximum atomic E-state index is 11.8. The Morgan fingerprint density at radius 2 is 2.40 bits per heavy atom. The van der Waals surface area contributed by atoms with Gasteiger partial charge in [-0.2, -0.15) is 0 Å². The minimum absolute atomic E-state index is 0.0703. The Morgan fingerprint density at radius 3 is 3.10 bits per heavy atom. The molecule has 1 aliphatic rings. The van der Waals surface area contributed by atoms with Crippen molar-refractivity contribution in [1.82, 2.24) is 15.2 Å². The molecule has 2 heterocycles. The number of piperazine rings is 1. The van der Waals surface area contributed by atoms with Gasteiger partial charge in [-0.3, -0.25) is 9.69 Å². The Balaban J connectivity index is 2.02. The van der Waals surface area contributed by atoms with Gasteiger partial charge in [0, 0.05) is 13.1 Å². The zero-order valence-electron chi connectivity index (χ0n) is 11.7. The Hall–Kier alpha value is -1.47. The molecule has 2 rings (SSSR count). The number of nitrogens with zero attached hydrogens (tertiary/aromatic N) is 2. The van der Waals surface area contributed by atoms with Crippen LogP contribution in [0.15, 0.2) is 6.20 Å². The monoisotopic (exact) mass is 297 g/mol. The molecular formula is C13H19N3O3S. The van der Waals surface area contributed by atoms with Gasteiger partial charge in [-0.1, -0.05) is 6.92 Å². The molecule has 7 heteroatoms. The first-order valence-electron chi connectivity index (χ1n) is 6.79. The molecule has 1 amide bonds. The maximum Gasteiger partial charge on any atom is 0.349 e. The number of esters is 1. The number of thiazole rings is 1. The van der Waals surface area contributed by atoms with Gasteiger partial charge in [0.05, 0.1) is 25.4 Å². The third-order valence-electron chi connectivity index (χ3n) is 3.20. The van der Waals surface area contributed by atoms with E-state index in [2.05, 4.69) is 15.2 Å². The molecule has 1 fully saturated rings. The standard InChI is InChI=1S/C13H19N3O3S/c1-3-9-12(17)14-5-6-16(9)8-11-15-7-10(20-11)13(18)19-4-2/h7,9H,3-6,8H2,1-2H3,(H,14,17)/t9-/m0/s1. The van der Waals surface area contributed by atoms with Crippen LogP contribution < -0.4 is 5.32 Å². The van der Waals surface area contributed by atoms with Gasteiger partial charge < -0.3 is 10.1 Å². The second-order valence-electron chi connectivity index (χ2n) is 4.52. The molecule has 1 aliphatic heterocycles. The number of rotatable bonds is 5. The zero-order chi connectivity index (χ0) is 14.5. The molecule has 0 spiro atoms. The predicted molar refractivity (Wildman–Crippen MR) is 75.6 cm³/mol. The number of nitrogens with one attached hydrogen (secondary N) is 1. The highest BCUT2D eigenvalue weighted by molar-refractivity contribution is 7.13. The van der Waals surface area contributed by atoms with Crippen molar-refractivity contribution in [3.05, 3.63) is 16.1 Å². The van der Waals surface area contributed by atoms with Gasteiger partial charge in [-0.15, -0.1) is 11.3 Å². The summed E-state index contributed by atoms with van der Waals surface area (Å²) in [5.41, 5.74) is 0. The van der Waals surface area contributed by atoms with Crippen molar-refractivity contribution in [3.63, 3.8) is 0 Å². The second-order valence-corrected chi connectivity index (χ2v) is 5.64. The molecule has 110 valence electrons. The lowest BCUT2D eigenvalue weighted by molar-refractivity contribution is -0.129. The van der Waals surface area contributed by atoms with E-state index < -0.39 is 0 Å². The summed E-state index contributed by atoms with van der Waals surface area (Å²) in [6, 6.07) is -0.112. The number of ether oxygens (including phenoxy) is 1. The highest BCUT2D eigenvalue weighted by Crippen LogP contribution is 2.19. The average molecular weight is 297 g/mol. The molecule has 1 N–H and O–H groups in total. The van der Waals surface area contributed by atoms with Crippen molar-refractivity contribution >= 4 is 23.2 Å². The molecule has 0 aliphatic carbocycles. The predicted octanol–water partition coefficient (Wildman–Crippen LogP) is 1.03. The maximum absolute atomic E-state index is 11.8. The van der Waals surface area contributed by atoms with Gasteiger partial charge in [0.15, 0.2) is 0 Å². The molecular weight excluding hydrogens is 278 g/mol. The van der Waals surface area contributed by atoms with Crippen LogP contribution in [0.25, 0.3) is 0 Å². The first-order chi connectivity index (χ1) is 9.65. The summed E-state index contributed by atoms with van der Waals surface area (Å²) in [5.74, 6) is -0.263. The van der Waals surface area contributed by atoms with Crippen LogP contribution in [-0.2, 0) is 16.1 Å². The summed E-state index contributed by atoms with van der Waals surface area (Å²) in [5, 5.41) is 3.70. The van der Waals surface area contributed by atoms with E-state index in [1.165, 1.54) is 11.3 Å². The average Bonchev–Trinajstić information content (AvgIpc) is 2.88. The number of carbonyl (C=O) groups is 2. The Bertz CT molecular complexity index is 489. The third kappa shape index (κ3) is 3.34. The molecule has 1 aromatic heterocycles. The fraction of sp³-hybridized carbons (Fsp3) is 0.615. The van der Waals surface area contributed by atoms with Crippen molar-refractivity contribution in [2.24, 2.45) is 0 Å². The summed E-state index contributed by atoms with van der Waals surface area (Å²) in [7, 11) is 0. The van der Waals surface area contributed by atoms with Gasteiger partial charge in [0.2, 0.25) is 5.91 Å². The fourth-order valence-electron chi connectivity index (χ4n) is 2.25. The molecule has 1 aromatic rings. The lowest BCUT2D eigenvalue weighted by Gasteiger charge is -2.33. The van der Waals surface area contributed by atoms with Crippen LogP contribution in [0.4, 0.5) is 0 Å². The topological polar surface area (TPSA) is 71.5 Å². The first kappa shape index (κ1) is 14.9. The Morgan fingerprint density at radius 1 is 1.60 bits per heavy atom. The van der Waals surface area contributed by atoms with E-state index in [1.807, 2.05) is 6.92 Å². The lowest BCUT2D eigenvalue weighted by atomic mass is 10.1. The van der Waals surface area contributed by atoms with Crippen LogP contribution in [0.3, 0.4) is 0 Å². The van der Waals surface area contributed by atoms with Crippen LogP contribution in [0.2, 0.25) is 0 Å². The molecule has 0 unspecified atom stereocenters. The number of hydrogen-bond donors (Lipinski definition) is 1. The lowest BCUT2D eigenvalue weighted by Crippen LogP contribution is -2.54. The van der Waals surface area contributed by atoms with Crippen molar-refractivity contribution in [2.45, 2.75) is 32.9 Å². The molecule has 0 aromatic carbocycles. The van der Waals surface area contributed by atoms with Crippen molar-refractivity contribution in [2.75, 3.05) is 19.7 Å². The van der Waals surface area contributed by atoms with Crippen molar-refractivity contribution < 1.29 is 14.3 Å². The summed E-state index contributed by atoms with van der Waals surface area (Å²) >= 11 is 1.33. The minimum Gasteiger partial charge on any atom is -0.462 e. The number of hydrogen-bond acceptors (Lipinski definition) is 6. The van der Waals surface area contributed by atoms with E-state index >= 15 is 0 Å². The highest BCUT2D eigenvalue weighted by atomic mass is 32.1. The minimum atomic E-state index is -0.334. The Kier molecular flexibility index (Phi) is 5.08. The molecule has 1 atom stereocenters. The van der Waals surface area contributed by atoms with Gasteiger partial charge in [0.25, 0.3) is 0 Å². The molecule has 0 bridgehead atoms. The van der Waals surface area contributed by atoms with E-state index in [1.54, 1.807) is 13.1 Å². The number of aromatic nitrogens is 1. The van der Waals surface area contributed by atoms with Gasteiger partial charge in [-0.05, 0) is 13.3 Å². The van der Waals surface area contributed by atoms with E-state index in [-0.39, 0.29) is 17.9 Å². The fourth-order valence-corrected chi connectivity index (χ4v) is 3.09. The summed E-state index contributed by atoms with van der Waals surface area (Å²) in [4.78, 5) is 30.2. The third-order valence-corrected chi connectivity index (χ3v) is 4.16. The van der Waals surface area contributed by atoms with E-state index in [0.717, 1.165) is 18.0 Å². The van der Waals surface area contributed by atoms with Crippen LogP contribution in [0, 0.1) is 0 Å². The van der Waals surface area contributed by atoms with Gasteiger partial charge in [0.1, 0.15) is 9.88 Å². The summed E-state index contributed by atoms with van der Waals surface area (Å²) < 4.78 is 4.94. The molecule has 0 radical (unpaired) electrons. The number of carbonyl (C=O) groups excluding carboxylic acids is 2. The molecule has 20 heavy (non-hydrogen) atoms. The van der Waals surface area contributed by atoms with Crippen molar-refractivity contribution in [3.8, 4) is 0 Å². The van der Waals surface area contributed by atoms with E-state index in [0.29, 0.717) is 24.6 Å². The normalized spacial score (nSPS) is 19.7. The van der Waals surface area contributed by atoms with E-state index in [4.69, 9.17) is 4.74 Å². The zero-order valence-corrected chi connectivity index (χ0v) is 12.5. The van der Waals surface area contributed by atoms with Crippen LogP contribution in [-0.4, -0.2) is 47.5 Å². The van der Waals surface area contributed by atoms with Crippen LogP contribution in [0.5, 0.6) is 0 Å². The number of amides is 1. The molecule has 0 saturated carbocycles. The van der Waals surface area contributed by atoms with Gasteiger partial charge in [-0.25, -0.2) is 9.78 Å². The van der Waals surface area contributed by atoms with Gasteiger partial charge >= 0.3 is 5.97 Å². The van der Waals surface area contributed by atoms with Crippen LogP contribution >= 0.6 is 11.3 Å². The van der Waals surface area contributed by atoms with Crippen molar-refractivity contribution in [1.29, 1.82) is 0 Å². The Labute approximate surface area is 122 Å². The van der Waals surface area contributed by atoms with Crippen LogP contribution in [0.1, 0.15) is 34.9 Å². The second kappa shape index (κ2) is 6.81. The SMILES string of the molecule is CCOC(=O)c1cnc(CN2CCNC(=O)[C@@H]2CC)s1. The smallest absolute Gasteiger partial charge is 0.349 e. The first-order valence-corrected chi connectivity index (χ1v) is 7.61.